The van der Waals surface area contributed by atoms with E-state index in [2.05, 4.69) is 0 Å². The molecule has 168 valence electrons. The molecule has 32 heavy (non-hydrogen) atoms. The van der Waals surface area contributed by atoms with Gasteiger partial charge in [-0.25, -0.2) is 4.39 Å². The quantitative estimate of drug-likeness (QED) is 0.486. The molecular weight excluding hydrogens is 440 g/mol. The van der Waals surface area contributed by atoms with Crippen LogP contribution in [0.25, 0.3) is 21.6 Å². The number of alkyl halides is 4. The van der Waals surface area contributed by atoms with Crippen molar-refractivity contribution in [2.45, 2.75) is 32.7 Å². The Labute approximate surface area is 187 Å². The van der Waals surface area contributed by atoms with Crippen molar-refractivity contribution in [1.29, 1.82) is 0 Å². The lowest BCUT2D eigenvalue weighted by Crippen LogP contribution is -2.51. The maximum Gasteiger partial charge on any atom is 0.417 e. The van der Waals surface area contributed by atoms with Gasteiger partial charge in [-0.15, -0.1) is 11.3 Å². The molecule has 4 rings (SSSR count). The highest BCUT2D eigenvalue weighted by Gasteiger charge is 2.35. The minimum atomic E-state index is -4.50. The first kappa shape index (κ1) is 22.5. The Balaban J connectivity index is 1.73. The van der Waals surface area contributed by atoms with Crippen LogP contribution in [0.3, 0.4) is 0 Å². The molecule has 2 heterocycles. The first-order chi connectivity index (χ1) is 15.1. The van der Waals surface area contributed by atoms with E-state index in [1.165, 1.54) is 22.3 Å². The molecule has 3 aromatic rings. The first-order valence-electron chi connectivity index (χ1n) is 10.1. The standard InChI is InChI=1S/C24H22F4N2OS/c1-13-14(2)22(32-21(13)10-29)19-9-17(7-8-20(19)24(26,27)28)15-3-5-16(6-4-15)23(31)30-11-18(25)12-30/h3-9,18H,10-12,29H2,1-2H3. The van der Waals surface area contributed by atoms with Crippen LogP contribution >= 0.6 is 11.3 Å². The van der Waals surface area contributed by atoms with Gasteiger partial charge < -0.3 is 10.6 Å². The van der Waals surface area contributed by atoms with Crippen LogP contribution in [0.4, 0.5) is 17.6 Å². The predicted octanol–water partition coefficient (Wildman–Crippen LogP) is 5.97. The Morgan fingerprint density at radius 1 is 1.06 bits per heavy atom. The molecule has 0 radical (unpaired) electrons. The van der Waals surface area contributed by atoms with Gasteiger partial charge in [-0.05, 0) is 60.4 Å². The monoisotopic (exact) mass is 462 g/mol. The Morgan fingerprint density at radius 2 is 1.69 bits per heavy atom. The summed E-state index contributed by atoms with van der Waals surface area (Å²) >= 11 is 1.29. The zero-order valence-electron chi connectivity index (χ0n) is 17.6. The molecule has 1 aliphatic rings. The highest BCUT2D eigenvalue weighted by atomic mass is 32.1. The summed E-state index contributed by atoms with van der Waals surface area (Å²) in [4.78, 5) is 15.2. The van der Waals surface area contributed by atoms with Gasteiger partial charge in [-0.1, -0.05) is 18.2 Å². The van der Waals surface area contributed by atoms with Crippen molar-refractivity contribution in [2.75, 3.05) is 13.1 Å². The Bertz CT molecular complexity index is 1160. The highest BCUT2D eigenvalue weighted by molar-refractivity contribution is 7.16. The van der Waals surface area contributed by atoms with Gasteiger partial charge in [0.15, 0.2) is 0 Å². The fourth-order valence-electron chi connectivity index (χ4n) is 3.84. The zero-order chi connectivity index (χ0) is 23.2. The molecule has 2 aromatic carbocycles. The minimum absolute atomic E-state index is 0.0905. The zero-order valence-corrected chi connectivity index (χ0v) is 18.4. The lowest BCUT2D eigenvalue weighted by Gasteiger charge is -2.34. The second-order valence-electron chi connectivity index (χ2n) is 7.95. The Kier molecular flexibility index (Phi) is 5.85. The summed E-state index contributed by atoms with van der Waals surface area (Å²) < 4.78 is 54.4. The molecule has 3 nitrogen and oxygen atoms in total. The molecule has 1 aliphatic heterocycles. The number of carbonyl (C=O) groups is 1. The van der Waals surface area contributed by atoms with Crippen molar-refractivity contribution in [1.82, 2.24) is 4.90 Å². The van der Waals surface area contributed by atoms with Crippen LogP contribution in [-0.4, -0.2) is 30.1 Å². The molecule has 0 atom stereocenters. The lowest BCUT2D eigenvalue weighted by molar-refractivity contribution is -0.137. The number of benzene rings is 2. The molecule has 0 aliphatic carbocycles. The fourth-order valence-corrected chi connectivity index (χ4v) is 5.07. The summed E-state index contributed by atoms with van der Waals surface area (Å²) in [5.74, 6) is -0.252. The van der Waals surface area contributed by atoms with E-state index in [0.717, 1.165) is 22.1 Å². The number of hydrogen-bond donors (Lipinski definition) is 1. The smallest absolute Gasteiger partial charge is 0.333 e. The number of hydrogen-bond acceptors (Lipinski definition) is 3. The van der Waals surface area contributed by atoms with E-state index in [1.54, 1.807) is 30.3 Å². The van der Waals surface area contributed by atoms with Crippen LogP contribution in [-0.2, 0) is 12.7 Å². The van der Waals surface area contributed by atoms with Crippen LogP contribution < -0.4 is 5.73 Å². The van der Waals surface area contributed by atoms with E-state index in [0.29, 0.717) is 21.6 Å². The third kappa shape index (κ3) is 4.04. The highest BCUT2D eigenvalue weighted by Crippen LogP contribution is 2.44. The number of thiophene rings is 1. The van der Waals surface area contributed by atoms with Gasteiger partial charge in [0.2, 0.25) is 0 Å². The number of nitrogens with zero attached hydrogens (tertiary/aromatic N) is 1. The van der Waals surface area contributed by atoms with Crippen molar-refractivity contribution in [3.8, 4) is 21.6 Å². The van der Waals surface area contributed by atoms with Crippen molar-refractivity contribution >= 4 is 17.2 Å². The number of carbonyl (C=O) groups excluding carboxylic acids is 1. The molecule has 8 heteroatoms. The second kappa shape index (κ2) is 8.33. The summed E-state index contributed by atoms with van der Waals surface area (Å²) in [5, 5.41) is 0. The van der Waals surface area contributed by atoms with E-state index >= 15 is 0 Å². The van der Waals surface area contributed by atoms with Gasteiger partial charge in [0, 0.05) is 27.4 Å². The summed E-state index contributed by atoms with van der Waals surface area (Å²) in [7, 11) is 0. The van der Waals surface area contributed by atoms with Gasteiger partial charge in [0.05, 0.1) is 18.7 Å². The Morgan fingerprint density at radius 3 is 2.22 bits per heavy atom. The first-order valence-corrected chi connectivity index (χ1v) is 11.0. The van der Waals surface area contributed by atoms with E-state index in [4.69, 9.17) is 5.73 Å². The van der Waals surface area contributed by atoms with Crippen LogP contribution in [0.15, 0.2) is 42.5 Å². The number of nitrogens with two attached hydrogens (primary N) is 1. The summed E-state index contributed by atoms with van der Waals surface area (Å²) in [6.07, 6.45) is -5.48. The molecule has 0 unspecified atom stereocenters. The lowest BCUT2D eigenvalue weighted by atomic mass is 9.95. The van der Waals surface area contributed by atoms with Crippen LogP contribution in [0, 0.1) is 13.8 Å². The van der Waals surface area contributed by atoms with E-state index in [9.17, 15) is 22.4 Å². The summed E-state index contributed by atoms with van der Waals surface area (Å²) in [5.41, 5.74) is 8.62. The van der Waals surface area contributed by atoms with E-state index in [-0.39, 0.29) is 31.1 Å². The maximum absolute atomic E-state index is 13.8. The van der Waals surface area contributed by atoms with Crippen molar-refractivity contribution in [3.63, 3.8) is 0 Å². The van der Waals surface area contributed by atoms with Gasteiger partial charge >= 0.3 is 6.18 Å². The Hall–Kier alpha value is -2.71. The minimum Gasteiger partial charge on any atom is -0.333 e. The molecule has 1 fully saturated rings. The maximum atomic E-state index is 13.8. The van der Waals surface area contributed by atoms with Crippen LogP contribution in [0.2, 0.25) is 0 Å². The average Bonchev–Trinajstić information content (AvgIpc) is 3.04. The van der Waals surface area contributed by atoms with E-state index < -0.39 is 17.9 Å². The molecule has 2 N–H and O–H groups in total. The van der Waals surface area contributed by atoms with Crippen LogP contribution in [0.5, 0.6) is 0 Å². The van der Waals surface area contributed by atoms with Crippen molar-refractivity contribution < 1.29 is 22.4 Å². The molecule has 0 saturated carbocycles. The number of likely N-dealkylation sites (tertiary alicyclic amines) is 1. The molecule has 1 saturated heterocycles. The SMILES string of the molecule is Cc1c(CN)sc(-c2cc(-c3ccc(C(=O)N4CC(F)C4)cc3)ccc2C(F)(F)F)c1C. The third-order valence-corrected chi connectivity index (χ3v) is 7.34. The third-order valence-electron chi connectivity index (χ3n) is 5.89. The molecule has 1 aromatic heterocycles. The van der Waals surface area contributed by atoms with Crippen molar-refractivity contribution in [2.24, 2.45) is 5.73 Å². The fraction of sp³-hybridized carbons (Fsp3) is 0.292. The number of amides is 1. The summed E-state index contributed by atoms with van der Waals surface area (Å²) in [6.45, 7) is 4.13. The van der Waals surface area contributed by atoms with Gasteiger partial charge in [0.25, 0.3) is 5.91 Å². The normalized spacial score (nSPS) is 14.5. The summed E-state index contributed by atoms with van der Waals surface area (Å²) in [6, 6.07) is 10.7. The average molecular weight is 463 g/mol. The van der Waals surface area contributed by atoms with Crippen LogP contribution in [0.1, 0.15) is 31.9 Å². The number of halogens is 4. The van der Waals surface area contributed by atoms with Gasteiger partial charge in [-0.2, -0.15) is 13.2 Å². The van der Waals surface area contributed by atoms with Gasteiger partial charge in [-0.3, -0.25) is 4.79 Å². The number of rotatable bonds is 4. The molecule has 1 amide bonds. The van der Waals surface area contributed by atoms with Crippen molar-refractivity contribution in [3.05, 3.63) is 69.6 Å². The molecule has 0 bridgehead atoms. The predicted molar refractivity (Wildman–Crippen MR) is 118 cm³/mol. The molecule has 0 spiro atoms. The second-order valence-corrected chi connectivity index (χ2v) is 9.06. The topological polar surface area (TPSA) is 46.3 Å². The molecular formula is C24H22F4N2OS. The van der Waals surface area contributed by atoms with E-state index in [1.807, 2.05) is 13.8 Å². The van der Waals surface area contributed by atoms with Gasteiger partial charge in [0.1, 0.15) is 6.17 Å². The largest absolute Gasteiger partial charge is 0.417 e.